The van der Waals surface area contributed by atoms with Crippen LogP contribution < -0.4 is 5.32 Å². The number of anilines is 1. The SMILES string of the molecule is CCSc1ccccc1NC1CCCC(C(F)(F)F)C1. The largest absolute Gasteiger partial charge is 0.391 e. The monoisotopic (exact) mass is 303 g/mol. The summed E-state index contributed by atoms with van der Waals surface area (Å²) in [5.74, 6) is -0.200. The van der Waals surface area contributed by atoms with Crippen LogP contribution >= 0.6 is 11.8 Å². The molecular weight excluding hydrogens is 283 g/mol. The molecule has 1 aliphatic carbocycles. The summed E-state index contributed by atoms with van der Waals surface area (Å²) in [6, 6.07) is 7.78. The number of halogens is 3. The zero-order chi connectivity index (χ0) is 14.6. The summed E-state index contributed by atoms with van der Waals surface area (Å²) in [7, 11) is 0. The molecule has 0 spiro atoms. The number of para-hydroxylation sites is 1. The molecule has 2 unspecified atom stereocenters. The van der Waals surface area contributed by atoms with Gasteiger partial charge in [0.05, 0.1) is 5.92 Å². The molecule has 2 rings (SSSR count). The summed E-state index contributed by atoms with van der Waals surface area (Å²) >= 11 is 1.71. The highest BCUT2D eigenvalue weighted by Crippen LogP contribution is 2.39. The lowest BCUT2D eigenvalue weighted by molar-refractivity contribution is -0.182. The van der Waals surface area contributed by atoms with Crippen LogP contribution in [0.25, 0.3) is 0 Å². The maximum absolute atomic E-state index is 12.8. The van der Waals surface area contributed by atoms with E-state index < -0.39 is 12.1 Å². The van der Waals surface area contributed by atoms with Crippen LogP contribution in [0.2, 0.25) is 0 Å². The van der Waals surface area contributed by atoms with Crippen molar-refractivity contribution in [2.24, 2.45) is 5.92 Å². The quantitative estimate of drug-likeness (QED) is 0.754. The average molecular weight is 303 g/mol. The molecule has 1 saturated carbocycles. The van der Waals surface area contributed by atoms with Crippen LogP contribution in [-0.4, -0.2) is 18.0 Å². The van der Waals surface area contributed by atoms with Crippen molar-refractivity contribution in [3.63, 3.8) is 0 Å². The predicted octanol–water partition coefficient (Wildman–Crippen LogP) is 5.33. The van der Waals surface area contributed by atoms with Crippen molar-refractivity contribution >= 4 is 17.4 Å². The number of alkyl halides is 3. The van der Waals surface area contributed by atoms with Crippen LogP contribution in [0.5, 0.6) is 0 Å². The molecule has 1 aromatic carbocycles. The topological polar surface area (TPSA) is 12.0 Å². The third-order valence-electron chi connectivity index (χ3n) is 3.68. The second-order valence-electron chi connectivity index (χ2n) is 5.18. The van der Waals surface area contributed by atoms with E-state index in [1.54, 1.807) is 11.8 Å². The third kappa shape index (κ3) is 4.08. The average Bonchev–Trinajstić information content (AvgIpc) is 2.41. The molecule has 1 nitrogen and oxygen atoms in total. The fourth-order valence-electron chi connectivity index (χ4n) is 2.71. The van der Waals surface area contributed by atoms with Crippen LogP contribution in [0.4, 0.5) is 18.9 Å². The van der Waals surface area contributed by atoms with Crippen LogP contribution in [0, 0.1) is 5.92 Å². The van der Waals surface area contributed by atoms with E-state index in [9.17, 15) is 13.2 Å². The van der Waals surface area contributed by atoms with Gasteiger partial charge in [0.1, 0.15) is 0 Å². The summed E-state index contributed by atoms with van der Waals surface area (Å²) in [5.41, 5.74) is 0.965. The predicted molar refractivity (Wildman–Crippen MR) is 78.3 cm³/mol. The molecule has 1 aromatic rings. The first-order chi connectivity index (χ1) is 9.50. The van der Waals surface area contributed by atoms with Gasteiger partial charge in [-0.05, 0) is 37.1 Å². The minimum absolute atomic E-state index is 0.0750. The Bertz CT molecular complexity index is 433. The second-order valence-corrected chi connectivity index (χ2v) is 6.48. The molecule has 0 aromatic heterocycles. The summed E-state index contributed by atoms with van der Waals surface area (Å²) in [4.78, 5) is 1.11. The molecular formula is C15H20F3NS. The Hall–Kier alpha value is -0.840. The van der Waals surface area contributed by atoms with Gasteiger partial charge in [0.15, 0.2) is 0 Å². The fraction of sp³-hybridized carbons (Fsp3) is 0.600. The summed E-state index contributed by atoms with van der Waals surface area (Å²) in [6.07, 6.45) is -2.14. The van der Waals surface area contributed by atoms with Gasteiger partial charge >= 0.3 is 6.18 Å². The molecule has 0 heterocycles. The van der Waals surface area contributed by atoms with Gasteiger partial charge in [0.25, 0.3) is 0 Å². The van der Waals surface area contributed by atoms with Crippen molar-refractivity contribution in [2.75, 3.05) is 11.1 Å². The first-order valence-electron chi connectivity index (χ1n) is 7.05. The van der Waals surface area contributed by atoms with Crippen LogP contribution in [-0.2, 0) is 0 Å². The van der Waals surface area contributed by atoms with Crippen molar-refractivity contribution in [3.05, 3.63) is 24.3 Å². The number of rotatable bonds is 4. The second kappa shape index (κ2) is 6.74. The maximum atomic E-state index is 12.8. The Balaban J connectivity index is 2.03. The molecule has 0 radical (unpaired) electrons. The fourth-order valence-corrected chi connectivity index (χ4v) is 3.47. The lowest BCUT2D eigenvalue weighted by atomic mass is 9.85. The normalized spacial score (nSPS) is 23.6. The molecule has 20 heavy (non-hydrogen) atoms. The molecule has 0 amide bonds. The van der Waals surface area contributed by atoms with E-state index >= 15 is 0 Å². The van der Waals surface area contributed by atoms with E-state index in [1.165, 1.54) is 0 Å². The Morgan fingerprint density at radius 1 is 1.25 bits per heavy atom. The molecule has 2 atom stereocenters. The zero-order valence-electron chi connectivity index (χ0n) is 11.5. The molecule has 1 fully saturated rings. The van der Waals surface area contributed by atoms with Crippen molar-refractivity contribution in [2.45, 2.75) is 49.7 Å². The maximum Gasteiger partial charge on any atom is 0.391 e. The Morgan fingerprint density at radius 3 is 2.70 bits per heavy atom. The van der Waals surface area contributed by atoms with Gasteiger partial charge in [-0.1, -0.05) is 25.5 Å². The van der Waals surface area contributed by atoms with Crippen molar-refractivity contribution < 1.29 is 13.2 Å². The molecule has 1 aliphatic rings. The number of nitrogens with one attached hydrogen (secondary N) is 1. The van der Waals surface area contributed by atoms with Gasteiger partial charge in [0, 0.05) is 16.6 Å². The molecule has 1 N–H and O–H groups in total. The first-order valence-corrected chi connectivity index (χ1v) is 8.04. The van der Waals surface area contributed by atoms with Gasteiger partial charge in [-0.3, -0.25) is 0 Å². The van der Waals surface area contributed by atoms with E-state index in [2.05, 4.69) is 12.2 Å². The van der Waals surface area contributed by atoms with E-state index in [1.807, 2.05) is 24.3 Å². The Morgan fingerprint density at radius 2 is 2.00 bits per heavy atom. The van der Waals surface area contributed by atoms with Gasteiger partial charge < -0.3 is 5.32 Å². The number of hydrogen-bond donors (Lipinski definition) is 1. The van der Waals surface area contributed by atoms with Crippen LogP contribution in [0.3, 0.4) is 0 Å². The smallest absolute Gasteiger partial charge is 0.381 e. The Labute approximate surface area is 122 Å². The van der Waals surface area contributed by atoms with Crippen molar-refractivity contribution in [3.8, 4) is 0 Å². The molecule has 0 bridgehead atoms. The minimum atomic E-state index is -4.06. The first kappa shape index (κ1) is 15.5. The summed E-state index contributed by atoms with van der Waals surface area (Å²) in [5, 5.41) is 3.32. The summed E-state index contributed by atoms with van der Waals surface area (Å²) in [6.45, 7) is 2.07. The van der Waals surface area contributed by atoms with E-state index in [0.717, 1.165) is 22.8 Å². The van der Waals surface area contributed by atoms with E-state index in [0.29, 0.717) is 6.42 Å². The molecule has 112 valence electrons. The van der Waals surface area contributed by atoms with Gasteiger partial charge in [0.2, 0.25) is 0 Å². The lowest BCUT2D eigenvalue weighted by Crippen LogP contribution is -2.34. The van der Waals surface area contributed by atoms with E-state index in [-0.39, 0.29) is 18.9 Å². The van der Waals surface area contributed by atoms with Crippen LogP contribution in [0.15, 0.2) is 29.2 Å². The molecule has 5 heteroatoms. The van der Waals surface area contributed by atoms with Gasteiger partial charge in [-0.2, -0.15) is 13.2 Å². The highest BCUT2D eigenvalue weighted by atomic mass is 32.2. The zero-order valence-corrected chi connectivity index (χ0v) is 12.4. The molecule has 0 saturated heterocycles. The minimum Gasteiger partial charge on any atom is -0.381 e. The number of benzene rings is 1. The molecule has 0 aliphatic heterocycles. The third-order valence-corrected chi connectivity index (χ3v) is 4.64. The van der Waals surface area contributed by atoms with Crippen molar-refractivity contribution in [1.82, 2.24) is 0 Å². The van der Waals surface area contributed by atoms with Gasteiger partial charge in [-0.25, -0.2) is 0 Å². The Kier molecular flexibility index (Phi) is 5.24. The highest BCUT2D eigenvalue weighted by Gasteiger charge is 2.42. The van der Waals surface area contributed by atoms with E-state index in [4.69, 9.17) is 0 Å². The van der Waals surface area contributed by atoms with Crippen LogP contribution in [0.1, 0.15) is 32.6 Å². The summed E-state index contributed by atoms with van der Waals surface area (Å²) < 4.78 is 38.5. The lowest BCUT2D eigenvalue weighted by Gasteiger charge is -2.32. The van der Waals surface area contributed by atoms with Crippen molar-refractivity contribution in [1.29, 1.82) is 0 Å². The van der Waals surface area contributed by atoms with Gasteiger partial charge in [-0.15, -0.1) is 11.8 Å². The number of thioether (sulfide) groups is 1. The number of hydrogen-bond acceptors (Lipinski definition) is 2. The standard InChI is InChI=1S/C15H20F3NS/c1-2-20-14-9-4-3-8-13(14)19-12-7-5-6-11(10-12)15(16,17)18/h3-4,8-9,11-12,19H,2,5-7,10H2,1H3. The highest BCUT2D eigenvalue weighted by molar-refractivity contribution is 7.99.